The third-order valence-corrected chi connectivity index (χ3v) is 3.94. The van der Waals surface area contributed by atoms with Crippen LogP contribution in [0.4, 0.5) is 0 Å². The van der Waals surface area contributed by atoms with E-state index in [9.17, 15) is 9.59 Å². The van der Waals surface area contributed by atoms with Crippen LogP contribution in [0.25, 0.3) is 0 Å². The molecule has 2 rings (SSSR count). The summed E-state index contributed by atoms with van der Waals surface area (Å²) in [4.78, 5) is 24.2. The van der Waals surface area contributed by atoms with Crippen LogP contribution in [-0.4, -0.2) is 61.0 Å². The van der Waals surface area contributed by atoms with E-state index in [1.54, 1.807) is 16.7 Å². The maximum Gasteiger partial charge on any atom is 0.358 e. The van der Waals surface area contributed by atoms with Gasteiger partial charge in [0.25, 0.3) is 0 Å². The number of hydrogen-bond acceptors (Lipinski definition) is 5. The molecule has 1 saturated heterocycles. The predicted molar refractivity (Wildman–Crippen MR) is 70.2 cm³/mol. The maximum atomic E-state index is 11.8. The minimum atomic E-state index is -1.09. The summed E-state index contributed by atoms with van der Waals surface area (Å²) in [6, 6.07) is 0.0357. The van der Waals surface area contributed by atoms with E-state index in [-0.39, 0.29) is 17.6 Å². The molecule has 1 N–H and O–H groups in total. The monoisotopic (exact) mass is 284 g/mol. The van der Waals surface area contributed by atoms with Crippen molar-refractivity contribution < 1.29 is 14.7 Å². The minimum absolute atomic E-state index is 0.0357. The summed E-state index contributed by atoms with van der Waals surface area (Å²) in [5, 5.41) is 16.5. The molecule has 1 aromatic rings. The Morgan fingerprint density at radius 2 is 2.21 bits per heavy atom. The number of rotatable bonds is 5. The van der Waals surface area contributed by atoms with E-state index in [4.69, 9.17) is 5.11 Å². The van der Waals surface area contributed by atoms with Gasteiger partial charge in [-0.1, -0.05) is 19.1 Å². The van der Waals surface area contributed by atoms with Gasteiger partial charge >= 0.3 is 5.97 Å². The summed E-state index contributed by atoms with van der Waals surface area (Å²) in [6.07, 6.45) is 1.40. The molecule has 0 unspecified atom stereocenters. The molecule has 0 atom stereocenters. The molecular formula is C11H16N4O3S. The number of likely N-dealkylation sites (tertiary alicyclic amines) is 1. The Bertz CT molecular complexity index is 482. The number of carbonyl (C=O) groups is 2. The largest absolute Gasteiger partial charge is 0.476 e. The molecule has 104 valence electrons. The van der Waals surface area contributed by atoms with Crippen molar-refractivity contribution in [3.05, 3.63) is 11.9 Å². The van der Waals surface area contributed by atoms with Gasteiger partial charge in [0.1, 0.15) is 0 Å². The summed E-state index contributed by atoms with van der Waals surface area (Å²) in [5.41, 5.74) is -0.0693. The van der Waals surface area contributed by atoms with E-state index in [2.05, 4.69) is 24.2 Å². The summed E-state index contributed by atoms with van der Waals surface area (Å²) in [6.45, 7) is 5.25. The van der Waals surface area contributed by atoms with Crippen LogP contribution >= 0.6 is 11.8 Å². The van der Waals surface area contributed by atoms with Crippen LogP contribution in [0.3, 0.4) is 0 Å². The van der Waals surface area contributed by atoms with Gasteiger partial charge < -0.3 is 10.0 Å². The van der Waals surface area contributed by atoms with Crippen LogP contribution in [0, 0.1) is 0 Å². The average molecular weight is 284 g/mol. The number of aromatic nitrogens is 3. The Morgan fingerprint density at radius 1 is 1.53 bits per heavy atom. The summed E-state index contributed by atoms with van der Waals surface area (Å²) in [5.74, 6) is -0.484. The number of carbonyl (C=O) groups excluding carboxylic acids is 1. The van der Waals surface area contributed by atoms with Crippen LogP contribution in [0.5, 0.6) is 0 Å². The Morgan fingerprint density at radius 3 is 2.74 bits per heavy atom. The lowest BCUT2D eigenvalue weighted by Gasteiger charge is -2.38. The molecular weight excluding hydrogens is 268 g/mol. The van der Waals surface area contributed by atoms with Crippen LogP contribution < -0.4 is 0 Å². The average Bonchev–Trinajstić information content (AvgIpc) is 2.73. The van der Waals surface area contributed by atoms with Gasteiger partial charge in [-0.3, -0.25) is 4.79 Å². The Kier molecular flexibility index (Phi) is 4.08. The van der Waals surface area contributed by atoms with Crippen molar-refractivity contribution in [2.75, 3.05) is 18.8 Å². The van der Waals surface area contributed by atoms with Crippen LogP contribution in [-0.2, 0) is 4.79 Å². The molecule has 7 nitrogen and oxygen atoms in total. The molecule has 1 aliphatic heterocycles. The Labute approximate surface area is 115 Å². The lowest BCUT2D eigenvalue weighted by atomic mass is 10.1. The van der Waals surface area contributed by atoms with Gasteiger partial charge in [0.15, 0.2) is 5.69 Å². The number of aromatic carboxylic acids is 1. The second-order valence-corrected chi connectivity index (χ2v) is 6.27. The van der Waals surface area contributed by atoms with Gasteiger partial charge in [-0.15, -0.1) is 16.9 Å². The molecule has 8 heteroatoms. The first kappa shape index (κ1) is 13.9. The molecule has 1 aliphatic rings. The van der Waals surface area contributed by atoms with E-state index in [1.165, 1.54) is 10.9 Å². The van der Waals surface area contributed by atoms with Crippen molar-refractivity contribution in [3.63, 3.8) is 0 Å². The normalized spacial score (nSPS) is 15.6. The summed E-state index contributed by atoms with van der Waals surface area (Å²) >= 11 is 1.62. The zero-order valence-electron chi connectivity index (χ0n) is 10.8. The molecule has 0 aromatic carbocycles. The standard InChI is InChI=1S/C11H16N4O3S/c1-7(2)19-6-10(16)14-3-8(4-14)15-5-9(11(17)18)12-13-15/h5,7-8H,3-4,6H2,1-2H3,(H,17,18). The molecule has 0 aliphatic carbocycles. The number of carboxylic acids is 1. The first-order chi connectivity index (χ1) is 8.97. The first-order valence-corrected chi connectivity index (χ1v) is 7.06. The number of thioether (sulfide) groups is 1. The quantitative estimate of drug-likeness (QED) is 0.847. The van der Waals surface area contributed by atoms with Gasteiger partial charge in [-0.2, -0.15) is 0 Å². The van der Waals surface area contributed by atoms with Crippen LogP contribution in [0.1, 0.15) is 30.4 Å². The third kappa shape index (κ3) is 3.25. The second-order valence-electron chi connectivity index (χ2n) is 4.70. The fraction of sp³-hybridized carbons (Fsp3) is 0.636. The molecule has 0 radical (unpaired) electrons. The van der Waals surface area contributed by atoms with Gasteiger partial charge in [-0.05, 0) is 5.25 Å². The minimum Gasteiger partial charge on any atom is -0.476 e. The lowest BCUT2D eigenvalue weighted by molar-refractivity contribution is -0.134. The molecule has 1 aromatic heterocycles. The van der Waals surface area contributed by atoms with E-state index >= 15 is 0 Å². The maximum absolute atomic E-state index is 11.8. The summed E-state index contributed by atoms with van der Waals surface area (Å²) in [7, 11) is 0. The SMILES string of the molecule is CC(C)SCC(=O)N1CC(n2cc(C(=O)O)nn2)C1. The van der Waals surface area contributed by atoms with Crippen molar-refractivity contribution in [3.8, 4) is 0 Å². The zero-order chi connectivity index (χ0) is 14.0. The highest BCUT2D eigenvalue weighted by Gasteiger charge is 2.32. The summed E-state index contributed by atoms with van der Waals surface area (Å²) < 4.78 is 1.52. The highest BCUT2D eigenvalue weighted by molar-refractivity contribution is 8.00. The highest BCUT2D eigenvalue weighted by atomic mass is 32.2. The molecule has 0 saturated carbocycles. The number of hydrogen-bond donors (Lipinski definition) is 1. The molecule has 0 bridgehead atoms. The van der Waals surface area contributed by atoms with Crippen LogP contribution in [0.2, 0.25) is 0 Å². The lowest BCUT2D eigenvalue weighted by Crippen LogP contribution is -2.51. The first-order valence-electron chi connectivity index (χ1n) is 6.02. The van der Waals surface area contributed by atoms with Gasteiger partial charge in [0.05, 0.1) is 18.0 Å². The van der Waals surface area contributed by atoms with E-state index < -0.39 is 5.97 Å². The Balaban J connectivity index is 1.82. The predicted octanol–water partition coefficient (Wildman–Crippen LogP) is 0.501. The van der Waals surface area contributed by atoms with Crippen molar-refractivity contribution in [1.29, 1.82) is 0 Å². The smallest absolute Gasteiger partial charge is 0.358 e. The molecule has 0 spiro atoms. The fourth-order valence-electron chi connectivity index (χ4n) is 1.71. The Hall–Kier alpha value is -1.57. The van der Waals surface area contributed by atoms with Gasteiger partial charge in [0.2, 0.25) is 5.91 Å². The number of nitrogens with zero attached hydrogens (tertiary/aromatic N) is 4. The second kappa shape index (κ2) is 5.60. The molecule has 2 heterocycles. The van der Waals surface area contributed by atoms with Gasteiger partial charge in [-0.25, -0.2) is 9.48 Å². The number of amides is 1. The molecule has 19 heavy (non-hydrogen) atoms. The van der Waals surface area contributed by atoms with Crippen molar-refractivity contribution >= 4 is 23.6 Å². The van der Waals surface area contributed by atoms with Crippen molar-refractivity contribution in [2.45, 2.75) is 25.1 Å². The topological polar surface area (TPSA) is 88.3 Å². The zero-order valence-corrected chi connectivity index (χ0v) is 11.6. The van der Waals surface area contributed by atoms with Crippen molar-refractivity contribution in [2.24, 2.45) is 0 Å². The van der Waals surface area contributed by atoms with Crippen LogP contribution in [0.15, 0.2) is 6.20 Å². The van der Waals surface area contributed by atoms with E-state index in [0.29, 0.717) is 24.1 Å². The molecule has 1 fully saturated rings. The van der Waals surface area contributed by atoms with Gasteiger partial charge in [0, 0.05) is 13.1 Å². The van der Waals surface area contributed by atoms with E-state index in [0.717, 1.165) is 0 Å². The molecule has 1 amide bonds. The fourth-order valence-corrected chi connectivity index (χ4v) is 2.37. The highest BCUT2D eigenvalue weighted by Crippen LogP contribution is 2.22. The third-order valence-electron chi connectivity index (χ3n) is 2.86. The van der Waals surface area contributed by atoms with E-state index in [1.807, 2.05) is 0 Å². The van der Waals surface area contributed by atoms with Crippen molar-refractivity contribution in [1.82, 2.24) is 19.9 Å². The number of carboxylic acid groups (broad SMARTS) is 1.